The number of rotatable bonds is 10. The van der Waals surface area contributed by atoms with Crippen LogP contribution in [-0.4, -0.2) is 80.0 Å². The fourth-order valence-corrected chi connectivity index (χ4v) is 6.57. The number of nitrogens with zero attached hydrogens (tertiary/aromatic N) is 3. The number of alkyl carbamates (subject to hydrolysis) is 1. The monoisotopic (exact) mass is 684 g/mol. The predicted molar refractivity (Wildman–Crippen MR) is 183 cm³/mol. The number of nitrogens with one attached hydrogen (secondary N) is 3. The zero-order chi connectivity index (χ0) is 36.1. The second-order valence-electron chi connectivity index (χ2n) is 15.0. The number of hydrogen-bond donors (Lipinski definition) is 4. The van der Waals surface area contributed by atoms with Gasteiger partial charge in [-0.05, 0) is 95.9 Å². The lowest BCUT2D eigenvalue weighted by Crippen LogP contribution is -2.55. The van der Waals surface area contributed by atoms with E-state index < -0.39 is 52.9 Å². The summed E-state index contributed by atoms with van der Waals surface area (Å²) in [6.07, 6.45) is 4.88. The molecule has 2 aliphatic rings. The van der Waals surface area contributed by atoms with Gasteiger partial charge in [-0.2, -0.15) is 5.10 Å². The van der Waals surface area contributed by atoms with E-state index in [1.165, 1.54) is 18.3 Å². The van der Waals surface area contributed by atoms with Crippen LogP contribution in [0.2, 0.25) is 0 Å². The minimum absolute atomic E-state index is 0.0655. The van der Waals surface area contributed by atoms with Crippen LogP contribution in [0, 0.1) is 17.7 Å². The van der Waals surface area contributed by atoms with Crippen molar-refractivity contribution in [3.63, 3.8) is 0 Å². The molecule has 12 nitrogen and oxygen atoms in total. The Morgan fingerprint density at radius 3 is 2.33 bits per heavy atom. The first kappa shape index (κ1) is 37.8. The second-order valence-corrected chi connectivity index (χ2v) is 15.0. The molecule has 1 saturated heterocycles. The lowest BCUT2D eigenvalue weighted by atomic mass is 9.79. The Balaban J connectivity index is 1.54. The SMILES string of the molecule is CCn1nccc1C(=O)N[C@H](C(=O)Nc1ccc([C@H](C)[C@@H](NC(=O)OC(C)(C)C)C(=O)N2CCC(C)(O)CC2)cc1F)[C@H]1CC[C@H](C)CC1. The molecule has 4 amide bonds. The van der Waals surface area contributed by atoms with E-state index in [0.29, 0.717) is 49.7 Å². The maximum absolute atomic E-state index is 15.8. The smallest absolute Gasteiger partial charge is 0.408 e. The Labute approximate surface area is 288 Å². The van der Waals surface area contributed by atoms with Crippen molar-refractivity contribution in [2.45, 2.75) is 123 Å². The van der Waals surface area contributed by atoms with E-state index in [-0.39, 0.29) is 17.5 Å². The minimum Gasteiger partial charge on any atom is -0.444 e. The fraction of sp³-hybridized carbons (Fsp3) is 0.639. The standard InChI is InChI=1S/C36H53FN6O6/c1-8-43-28(15-18-38-43)31(44)40-30(24-11-9-22(2)10-12-24)32(45)39-27-14-13-25(21-26(27)37)23(3)29(41-34(47)49-35(4,5)6)33(46)42-19-16-36(7,48)17-20-42/h13-15,18,21-24,29-30,48H,8-12,16-17,19-20H2,1-7H3,(H,39,45)(H,40,44)(H,41,47)/t22-,23-,24-,29+,30-/m0/s1. The first-order valence-corrected chi connectivity index (χ1v) is 17.4. The summed E-state index contributed by atoms with van der Waals surface area (Å²) in [5.41, 5.74) is -0.985. The van der Waals surface area contributed by atoms with Crippen molar-refractivity contribution in [1.82, 2.24) is 25.3 Å². The van der Waals surface area contributed by atoms with E-state index in [1.807, 2.05) is 6.92 Å². The topological polar surface area (TPSA) is 155 Å². The molecule has 270 valence electrons. The number of halogens is 1. The van der Waals surface area contributed by atoms with Crippen LogP contribution >= 0.6 is 0 Å². The number of ether oxygens (including phenoxy) is 1. The molecule has 0 radical (unpaired) electrons. The number of anilines is 1. The molecule has 2 fully saturated rings. The van der Waals surface area contributed by atoms with Crippen molar-refractivity contribution >= 4 is 29.5 Å². The maximum Gasteiger partial charge on any atom is 0.408 e. The molecule has 2 aromatic rings. The van der Waals surface area contributed by atoms with Gasteiger partial charge in [0.25, 0.3) is 5.91 Å². The third-order valence-electron chi connectivity index (χ3n) is 9.72. The van der Waals surface area contributed by atoms with Crippen molar-refractivity contribution in [3.05, 3.63) is 47.5 Å². The molecule has 0 bridgehead atoms. The van der Waals surface area contributed by atoms with E-state index in [2.05, 4.69) is 28.0 Å². The highest BCUT2D eigenvalue weighted by atomic mass is 19.1. The number of piperidine rings is 1. The molecule has 1 aliphatic carbocycles. The number of aliphatic hydroxyl groups is 1. The summed E-state index contributed by atoms with van der Waals surface area (Å²) in [6, 6.07) is 3.91. The minimum atomic E-state index is -1.08. The van der Waals surface area contributed by atoms with Crippen LogP contribution in [0.25, 0.3) is 0 Å². The van der Waals surface area contributed by atoms with E-state index >= 15 is 4.39 Å². The van der Waals surface area contributed by atoms with E-state index in [0.717, 1.165) is 25.7 Å². The number of aryl methyl sites for hydroxylation is 1. The average molecular weight is 685 g/mol. The molecule has 13 heteroatoms. The third kappa shape index (κ3) is 10.0. The first-order valence-electron chi connectivity index (χ1n) is 17.4. The predicted octanol–water partition coefficient (Wildman–Crippen LogP) is 4.98. The van der Waals surface area contributed by atoms with Crippen molar-refractivity contribution in [1.29, 1.82) is 0 Å². The van der Waals surface area contributed by atoms with E-state index in [9.17, 15) is 24.3 Å². The molecule has 1 aromatic heterocycles. The lowest BCUT2D eigenvalue weighted by Gasteiger charge is -2.38. The molecule has 4 N–H and O–H groups in total. The van der Waals surface area contributed by atoms with Crippen LogP contribution < -0.4 is 16.0 Å². The Morgan fingerprint density at radius 1 is 1.08 bits per heavy atom. The Morgan fingerprint density at radius 2 is 1.73 bits per heavy atom. The summed E-state index contributed by atoms with van der Waals surface area (Å²) in [5.74, 6) is -2.30. The molecular formula is C36H53FN6O6. The van der Waals surface area contributed by atoms with Gasteiger partial charge in [-0.3, -0.25) is 19.1 Å². The third-order valence-corrected chi connectivity index (χ3v) is 9.72. The molecule has 49 heavy (non-hydrogen) atoms. The number of aromatic nitrogens is 2. The zero-order valence-electron chi connectivity index (χ0n) is 29.8. The van der Waals surface area contributed by atoms with Crippen molar-refractivity contribution in [2.75, 3.05) is 18.4 Å². The number of likely N-dealkylation sites (tertiary alicyclic amines) is 1. The number of amides is 4. The highest BCUT2D eigenvalue weighted by Gasteiger charge is 2.38. The second kappa shape index (κ2) is 15.7. The fourth-order valence-electron chi connectivity index (χ4n) is 6.57. The van der Waals surface area contributed by atoms with Gasteiger partial charge in [-0.15, -0.1) is 0 Å². The van der Waals surface area contributed by atoms with Gasteiger partial charge in [-0.25, -0.2) is 9.18 Å². The van der Waals surface area contributed by atoms with Crippen molar-refractivity contribution in [3.8, 4) is 0 Å². The van der Waals surface area contributed by atoms with Crippen LogP contribution in [0.3, 0.4) is 0 Å². The van der Waals surface area contributed by atoms with Gasteiger partial charge in [0.15, 0.2) is 0 Å². The summed E-state index contributed by atoms with van der Waals surface area (Å²) >= 11 is 0. The molecule has 0 spiro atoms. The van der Waals surface area contributed by atoms with E-state index in [4.69, 9.17) is 4.74 Å². The van der Waals surface area contributed by atoms with Crippen molar-refractivity contribution in [2.24, 2.45) is 11.8 Å². The molecule has 4 rings (SSSR count). The number of benzene rings is 1. The summed E-state index contributed by atoms with van der Waals surface area (Å²) in [5, 5.41) is 22.8. The van der Waals surface area contributed by atoms with Gasteiger partial charge < -0.3 is 30.7 Å². The van der Waals surface area contributed by atoms with Gasteiger partial charge in [0.1, 0.15) is 29.2 Å². The Bertz CT molecular complexity index is 1480. The van der Waals surface area contributed by atoms with Gasteiger partial charge in [-0.1, -0.05) is 32.8 Å². The molecule has 2 heterocycles. The molecular weight excluding hydrogens is 631 g/mol. The van der Waals surface area contributed by atoms with Gasteiger partial charge in [0.2, 0.25) is 11.8 Å². The molecule has 1 saturated carbocycles. The van der Waals surface area contributed by atoms with Crippen molar-refractivity contribution < 1.29 is 33.4 Å². The molecule has 0 unspecified atom stereocenters. The summed E-state index contributed by atoms with van der Waals surface area (Å²) < 4.78 is 22.7. The summed E-state index contributed by atoms with van der Waals surface area (Å²) in [6.45, 7) is 13.7. The average Bonchev–Trinajstić information content (AvgIpc) is 3.52. The van der Waals surface area contributed by atoms with E-state index in [1.54, 1.807) is 56.3 Å². The molecule has 1 aliphatic heterocycles. The Kier molecular flexibility index (Phi) is 12.1. The van der Waals surface area contributed by atoms with Crippen LogP contribution in [0.15, 0.2) is 30.5 Å². The molecule has 1 aromatic carbocycles. The van der Waals surface area contributed by atoms with Crippen LogP contribution in [0.1, 0.15) is 109 Å². The number of carbonyl (C=O) groups excluding carboxylic acids is 4. The van der Waals surface area contributed by atoms with Crippen LogP contribution in [-0.2, 0) is 20.9 Å². The lowest BCUT2D eigenvalue weighted by molar-refractivity contribution is -0.137. The van der Waals surface area contributed by atoms with Gasteiger partial charge in [0, 0.05) is 31.7 Å². The summed E-state index contributed by atoms with van der Waals surface area (Å²) in [7, 11) is 0. The summed E-state index contributed by atoms with van der Waals surface area (Å²) in [4.78, 5) is 55.2. The van der Waals surface area contributed by atoms with Crippen LogP contribution in [0.4, 0.5) is 14.9 Å². The highest BCUT2D eigenvalue weighted by molar-refractivity contribution is 6.00. The first-order chi connectivity index (χ1) is 23.0. The highest BCUT2D eigenvalue weighted by Crippen LogP contribution is 2.32. The normalized spacial score (nSPS) is 21.2. The number of hydrogen-bond acceptors (Lipinski definition) is 7. The maximum atomic E-state index is 15.8. The van der Waals surface area contributed by atoms with Gasteiger partial charge in [0.05, 0.1) is 11.3 Å². The quantitative estimate of drug-likeness (QED) is 0.275. The Hall–Kier alpha value is -4.00. The van der Waals surface area contributed by atoms with Gasteiger partial charge >= 0.3 is 6.09 Å². The largest absolute Gasteiger partial charge is 0.444 e. The number of carbonyl (C=O) groups is 4. The van der Waals surface area contributed by atoms with Crippen LogP contribution in [0.5, 0.6) is 0 Å². The zero-order valence-corrected chi connectivity index (χ0v) is 29.8. The molecule has 3 atom stereocenters.